The molecule has 0 atom stereocenters. The third-order valence-corrected chi connectivity index (χ3v) is 2.09. The summed E-state index contributed by atoms with van der Waals surface area (Å²) in [6.07, 6.45) is 7.91. The van der Waals surface area contributed by atoms with Crippen LogP contribution >= 0.6 is 0 Å². The summed E-state index contributed by atoms with van der Waals surface area (Å²) >= 11 is 0. The highest BCUT2D eigenvalue weighted by Gasteiger charge is 2.16. The first-order valence-corrected chi connectivity index (χ1v) is 4.67. The number of ether oxygens (including phenoxy) is 1. The Hall–Kier alpha value is -2.68. The van der Waals surface area contributed by atoms with Crippen LogP contribution < -0.4 is 4.74 Å². The summed E-state index contributed by atoms with van der Waals surface area (Å²) in [6.45, 7) is -0.0303. The average Bonchev–Trinajstić information content (AvgIpc) is 2.35. The molecule has 17 heavy (non-hydrogen) atoms. The first kappa shape index (κ1) is 10.8. The highest BCUT2D eigenvalue weighted by molar-refractivity contribution is 5.82. The summed E-state index contributed by atoms with van der Waals surface area (Å²) in [5, 5.41) is 11.4. The smallest absolute Gasteiger partial charge is 0.311 e. The zero-order chi connectivity index (χ0) is 12.3. The lowest BCUT2D eigenvalue weighted by Gasteiger charge is -2.04. The molecule has 0 radical (unpaired) electrons. The minimum absolute atomic E-state index is 0.0303. The molecule has 0 spiro atoms. The van der Waals surface area contributed by atoms with Crippen LogP contribution in [0.4, 0.5) is 5.69 Å². The van der Waals surface area contributed by atoms with Crippen molar-refractivity contribution in [1.29, 1.82) is 0 Å². The van der Waals surface area contributed by atoms with Gasteiger partial charge in [-0.1, -0.05) is 5.92 Å². The van der Waals surface area contributed by atoms with E-state index in [2.05, 4.69) is 15.9 Å². The van der Waals surface area contributed by atoms with E-state index in [0.29, 0.717) is 10.9 Å². The van der Waals surface area contributed by atoms with Crippen molar-refractivity contribution in [2.45, 2.75) is 0 Å². The number of aromatic nitrogens is 2. The number of terminal acetylenes is 1. The molecule has 1 aromatic carbocycles. The first-order chi connectivity index (χ1) is 8.22. The van der Waals surface area contributed by atoms with Crippen molar-refractivity contribution in [3.05, 3.63) is 34.8 Å². The molecule has 0 aliphatic carbocycles. The second-order valence-corrected chi connectivity index (χ2v) is 3.15. The van der Waals surface area contributed by atoms with Crippen molar-refractivity contribution in [1.82, 2.24) is 9.97 Å². The lowest BCUT2D eigenvalue weighted by molar-refractivity contribution is -0.385. The topological polar surface area (TPSA) is 78.2 Å². The Balaban J connectivity index is 2.58. The molecule has 0 saturated carbocycles. The number of hydrogen-bond acceptors (Lipinski definition) is 5. The van der Waals surface area contributed by atoms with Gasteiger partial charge in [0, 0.05) is 23.7 Å². The average molecular weight is 229 g/mol. The van der Waals surface area contributed by atoms with Gasteiger partial charge in [0.15, 0.2) is 5.75 Å². The highest BCUT2D eigenvalue weighted by Crippen LogP contribution is 2.30. The van der Waals surface area contributed by atoms with Crippen LogP contribution in [0.25, 0.3) is 10.9 Å². The van der Waals surface area contributed by atoms with Crippen LogP contribution in [0.5, 0.6) is 5.75 Å². The fourth-order valence-electron chi connectivity index (χ4n) is 1.38. The van der Waals surface area contributed by atoms with Crippen LogP contribution in [0, 0.1) is 22.5 Å². The van der Waals surface area contributed by atoms with E-state index in [1.807, 2.05) is 0 Å². The van der Waals surface area contributed by atoms with Crippen molar-refractivity contribution in [3.63, 3.8) is 0 Å². The largest absolute Gasteiger partial charge is 0.474 e. The second kappa shape index (κ2) is 4.45. The van der Waals surface area contributed by atoms with E-state index in [1.165, 1.54) is 24.7 Å². The summed E-state index contributed by atoms with van der Waals surface area (Å²) < 4.78 is 5.12. The monoisotopic (exact) mass is 229 g/mol. The fourth-order valence-corrected chi connectivity index (χ4v) is 1.38. The van der Waals surface area contributed by atoms with E-state index in [-0.39, 0.29) is 18.0 Å². The molecule has 0 N–H and O–H groups in total. The van der Waals surface area contributed by atoms with Gasteiger partial charge in [0.05, 0.1) is 10.4 Å². The number of hydrogen-bond donors (Lipinski definition) is 0. The molecule has 0 aliphatic rings. The molecule has 0 aliphatic heterocycles. The van der Waals surface area contributed by atoms with Crippen molar-refractivity contribution < 1.29 is 9.66 Å². The highest BCUT2D eigenvalue weighted by atomic mass is 16.6. The zero-order valence-corrected chi connectivity index (χ0v) is 8.66. The van der Waals surface area contributed by atoms with Crippen molar-refractivity contribution in [3.8, 4) is 18.1 Å². The maximum absolute atomic E-state index is 10.9. The maximum atomic E-state index is 10.9. The Morgan fingerprint density at radius 1 is 1.53 bits per heavy atom. The van der Waals surface area contributed by atoms with Gasteiger partial charge in [-0.25, -0.2) is 9.97 Å². The standard InChI is InChI=1S/C11H7N3O3/c1-2-3-17-11-5-9-8(6-12-7-13-9)4-10(11)14(15)16/h1,4-7H,3H2. The number of benzene rings is 1. The van der Waals surface area contributed by atoms with Gasteiger partial charge in [-0.05, 0) is 0 Å². The van der Waals surface area contributed by atoms with Crippen molar-refractivity contribution in [2.75, 3.05) is 6.61 Å². The van der Waals surface area contributed by atoms with Gasteiger partial charge in [0.1, 0.15) is 12.9 Å². The summed E-state index contributed by atoms with van der Waals surface area (Å²) in [6, 6.07) is 2.84. The predicted molar refractivity (Wildman–Crippen MR) is 60.5 cm³/mol. The SMILES string of the molecule is C#CCOc1cc2ncncc2cc1[N+](=O)[O-]. The van der Waals surface area contributed by atoms with Gasteiger partial charge in [-0.3, -0.25) is 10.1 Å². The zero-order valence-electron chi connectivity index (χ0n) is 8.66. The molecule has 2 rings (SSSR count). The molecule has 0 bridgehead atoms. The van der Waals surface area contributed by atoms with Crippen molar-refractivity contribution >= 4 is 16.6 Å². The molecule has 2 aromatic rings. The first-order valence-electron chi connectivity index (χ1n) is 4.67. The molecule has 0 unspecified atom stereocenters. The Kier molecular flexibility index (Phi) is 2.83. The maximum Gasteiger partial charge on any atom is 0.311 e. The Morgan fingerprint density at radius 2 is 2.35 bits per heavy atom. The minimum Gasteiger partial charge on any atom is -0.474 e. The lowest BCUT2D eigenvalue weighted by Crippen LogP contribution is -1.99. The quantitative estimate of drug-likeness (QED) is 0.453. The molecule has 1 heterocycles. The Morgan fingerprint density at radius 3 is 3.06 bits per heavy atom. The van der Waals surface area contributed by atoms with Crippen molar-refractivity contribution in [2.24, 2.45) is 0 Å². The summed E-state index contributed by atoms with van der Waals surface area (Å²) in [7, 11) is 0. The van der Waals surface area contributed by atoms with Crippen LogP contribution in [0.2, 0.25) is 0 Å². The third kappa shape index (κ3) is 2.13. The van der Waals surface area contributed by atoms with Gasteiger partial charge in [0.2, 0.25) is 0 Å². The van der Waals surface area contributed by atoms with Crippen LogP contribution in [0.3, 0.4) is 0 Å². The van der Waals surface area contributed by atoms with Gasteiger partial charge in [-0.15, -0.1) is 6.42 Å². The van der Waals surface area contributed by atoms with E-state index in [0.717, 1.165) is 0 Å². The normalized spacial score (nSPS) is 9.82. The Labute approximate surface area is 96.4 Å². The van der Waals surface area contributed by atoms with E-state index in [1.54, 1.807) is 0 Å². The molecule has 84 valence electrons. The lowest BCUT2D eigenvalue weighted by atomic mass is 10.2. The van der Waals surface area contributed by atoms with Gasteiger partial charge in [0.25, 0.3) is 0 Å². The third-order valence-electron chi connectivity index (χ3n) is 2.09. The summed E-state index contributed by atoms with van der Waals surface area (Å²) in [5.74, 6) is 2.36. The molecule has 0 saturated heterocycles. The van der Waals surface area contributed by atoms with E-state index < -0.39 is 4.92 Å². The fraction of sp³-hybridized carbons (Fsp3) is 0.0909. The second-order valence-electron chi connectivity index (χ2n) is 3.15. The number of nitrogens with zero attached hydrogens (tertiary/aromatic N) is 3. The molecule has 1 aromatic heterocycles. The molecule has 6 nitrogen and oxygen atoms in total. The minimum atomic E-state index is -0.529. The van der Waals surface area contributed by atoms with Crippen LogP contribution in [-0.2, 0) is 0 Å². The van der Waals surface area contributed by atoms with Gasteiger partial charge >= 0.3 is 5.69 Å². The van der Waals surface area contributed by atoms with Crippen LogP contribution in [0.1, 0.15) is 0 Å². The molecule has 0 fully saturated rings. The molecule has 6 heteroatoms. The number of nitro benzene ring substituents is 1. The predicted octanol–water partition coefficient (Wildman–Crippen LogP) is 1.55. The van der Waals surface area contributed by atoms with Gasteiger partial charge in [-0.2, -0.15) is 0 Å². The van der Waals surface area contributed by atoms with Gasteiger partial charge < -0.3 is 4.74 Å². The van der Waals surface area contributed by atoms with E-state index in [9.17, 15) is 10.1 Å². The Bertz CT molecular complexity index is 619. The van der Waals surface area contributed by atoms with E-state index >= 15 is 0 Å². The number of fused-ring (bicyclic) bond motifs is 1. The van der Waals surface area contributed by atoms with E-state index in [4.69, 9.17) is 11.2 Å². The molecular weight excluding hydrogens is 222 g/mol. The molecule has 0 amide bonds. The number of rotatable bonds is 3. The van der Waals surface area contributed by atoms with Crippen LogP contribution in [0.15, 0.2) is 24.7 Å². The summed E-state index contributed by atoms with van der Waals surface area (Å²) in [5.41, 5.74) is 0.417. The molecular formula is C11H7N3O3. The summed E-state index contributed by atoms with van der Waals surface area (Å²) in [4.78, 5) is 18.1. The van der Waals surface area contributed by atoms with Crippen LogP contribution in [-0.4, -0.2) is 21.5 Å². The number of nitro groups is 1.